The van der Waals surface area contributed by atoms with E-state index < -0.39 is 0 Å². The van der Waals surface area contributed by atoms with Gasteiger partial charge in [0, 0.05) is 43.2 Å². The second-order valence-electron chi connectivity index (χ2n) is 5.73. The van der Waals surface area contributed by atoms with Crippen LogP contribution in [0, 0.1) is 5.92 Å². The molecule has 1 aliphatic heterocycles. The maximum Gasteiger partial charge on any atom is 0.276 e. The van der Waals surface area contributed by atoms with E-state index in [-0.39, 0.29) is 11.9 Å². The first-order chi connectivity index (χ1) is 10.7. The molecule has 6 nitrogen and oxygen atoms in total. The number of pyridine rings is 1. The molecule has 3 heterocycles. The predicted molar refractivity (Wildman–Crippen MR) is 82.0 cm³/mol. The number of nitrogens with two attached hydrogens (primary N) is 1. The van der Waals surface area contributed by atoms with E-state index in [0.29, 0.717) is 23.9 Å². The molecule has 1 saturated heterocycles. The molecule has 0 radical (unpaired) electrons. The highest BCUT2D eigenvalue weighted by molar-refractivity contribution is 5.93. The van der Waals surface area contributed by atoms with Crippen LogP contribution >= 0.6 is 0 Å². The van der Waals surface area contributed by atoms with Gasteiger partial charge >= 0.3 is 0 Å². The van der Waals surface area contributed by atoms with E-state index >= 15 is 0 Å². The molecule has 0 unspecified atom stereocenters. The van der Waals surface area contributed by atoms with E-state index in [4.69, 9.17) is 10.3 Å². The van der Waals surface area contributed by atoms with Crippen molar-refractivity contribution in [3.63, 3.8) is 0 Å². The van der Waals surface area contributed by atoms with E-state index in [1.54, 1.807) is 18.5 Å². The van der Waals surface area contributed by atoms with Crippen molar-refractivity contribution >= 4 is 5.91 Å². The highest BCUT2D eigenvalue weighted by Crippen LogP contribution is 2.25. The third-order valence-corrected chi connectivity index (χ3v) is 4.31. The average Bonchev–Trinajstić information content (AvgIpc) is 3.05. The van der Waals surface area contributed by atoms with Crippen molar-refractivity contribution < 1.29 is 9.32 Å². The largest absolute Gasteiger partial charge is 0.355 e. The fourth-order valence-electron chi connectivity index (χ4n) is 3.04. The summed E-state index contributed by atoms with van der Waals surface area (Å²) in [5.41, 5.74) is 7.04. The number of hydrogen-bond acceptors (Lipinski definition) is 5. The van der Waals surface area contributed by atoms with E-state index in [1.165, 1.54) is 0 Å². The Morgan fingerprint density at radius 2 is 2.23 bits per heavy atom. The van der Waals surface area contributed by atoms with E-state index in [1.807, 2.05) is 17.0 Å². The minimum absolute atomic E-state index is 0.0716. The van der Waals surface area contributed by atoms with Gasteiger partial charge in [-0.15, -0.1) is 0 Å². The third kappa shape index (κ3) is 2.74. The number of hydrogen-bond donors (Lipinski definition) is 1. The Balaban J connectivity index is 1.82. The van der Waals surface area contributed by atoms with Gasteiger partial charge in [0.1, 0.15) is 0 Å². The summed E-state index contributed by atoms with van der Waals surface area (Å²) in [4.78, 5) is 18.5. The second-order valence-corrected chi connectivity index (χ2v) is 5.73. The highest BCUT2D eigenvalue weighted by Gasteiger charge is 2.32. The van der Waals surface area contributed by atoms with Crippen LogP contribution in [0.2, 0.25) is 0 Å². The Hall–Kier alpha value is -2.21. The van der Waals surface area contributed by atoms with Crippen LogP contribution in [0.4, 0.5) is 0 Å². The van der Waals surface area contributed by atoms with Crippen LogP contribution < -0.4 is 5.73 Å². The molecule has 2 atom stereocenters. The number of piperidine rings is 1. The van der Waals surface area contributed by atoms with Crippen LogP contribution in [-0.2, 0) is 0 Å². The predicted octanol–water partition coefficient (Wildman–Crippen LogP) is 1.94. The maximum atomic E-state index is 12.7. The van der Waals surface area contributed by atoms with Gasteiger partial charge < -0.3 is 15.2 Å². The first-order valence-electron chi connectivity index (χ1n) is 7.59. The van der Waals surface area contributed by atoms with Crippen molar-refractivity contribution in [2.24, 2.45) is 11.7 Å². The molecule has 0 aromatic carbocycles. The van der Waals surface area contributed by atoms with Gasteiger partial charge in [-0.1, -0.05) is 12.1 Å². The monoisotopic (exact) mass is 300 g/mol. The summed E-state index contributed by atoms with van der Waals surface area (Å²) in [6.45, 7) is 3.34. The van der Waals surface area contributed by atoms with Crippen LogP contribution in [0.15, 0.2) is 35.1 Å². The fraction of sp³-hybridized carbons (Fsp3) is 0.438. The summed E-state index contributed by atoms with van der Waals surface area (Å²) in [6, 6.07) is 5.40. The number of likely N-dealkylation sites (tertiary alicyclic amines) is 1. The van der Waals surface area contributed by atoms with Crippen LogP contribution in [0.25, 0.3) is 11.3 Å². The quantitative estimate of drug-likeness (QED) is 0.936. The van der Waals surface area contributed by atoms with Gasteiger partial charge in [-0.2, -0.15) is 0 Å². The smallest absolute Gasteiger partial charge is 0.276 e. The zero-order chi connectivity index (χ0) is 15.5. The molecule has 6 heteroatoms. The number of aromatic nitrogens is 2. The molecule has 1 aliphatic rings. The van der Waals surface area contributed by atoms with Gasteiger partial charge in [-0.3, -0.25) is 9.78 Å². The van der Waals surface area contributed by atoms with Gasteiger partial charge in [-0.25, -0.2) is 0 Å². The Labute approximate surface area is 129 Å². The normalized spacial score (nSPS) is 21.8. The topological polar surface area (TPSA) is 85.2 Å². The number of amides is 1. The number of carbonyl (C=O) groups is 1. The third-order valence-electron chi connectivity index (χ3n) is 4.31. The molecule has 22 heavy (non-hydrogen) atoms. The van der Waals surface area contributed by atoms with Gasteiger partial charge in [0.25, 0.3) is 5.91 Å². The van der Waals surface area contributed by atoms with Crippen molar-refractivity contribution in [1.82, 2.24) is 15.0 Å². The number of carbonyl (C=O) groups excluding carboxylic acids is 1. The van der Waals surface area contributed by atoms with Gasteiger partial charge in [0.15, 0.2) is 11.5 Å². The summed E-state index contributed by atoms with van der Waals surface area (Å²) < 4.78 is 5.30. The second kappa shape index (κ2) is 6.27. The Morgan fingerprint density at radius 1 is 1.45 bits per heavy atom. The minimum atomic E-state index is -0.106. The molecule has 1 fully saturated rings. The summed E-state index contributed by atoms with van der Waals surface area (Å²) >= 11 is 0. The molecule has 0 bridgehead atoms. The number of rotatable bonds is 3. The number of nitrogens with zero attached hydrogens (tertiary/aromatic N) is 3. The first-order valence-corrected chi connectivity index (χ1v) is 7.59. The molecule has 2 aromatic heterocycles. The maximum absolute atomic E-state index is 12.7. The standard InChI is InChI=1S/C16H20N4O2/c1-11-3-2-8-20(14(11)10-17)16(21)13-9-15(22-19-13)12-4-6-18-7-5-12/h4-7,9,11,14H,2-3,8,10,17H2,1H3/t11-,14-/m1/s1. The fourth-order valence-corrected chi connectivity index (χ4v) is 3.04. The lowest BCUT2D eigenvalue weighted by atomic mass is 9.90. The van der Waals surface area contributed by atoms with E-state index in [2.05, 4.69) is 17.1 Å². The van der Waals surface area contributed by atoms with Crippen molar-refractivity contribution in [1.29, 1.82) is 0 Å². The summed E-state index contributed by atoms with van der Waals surface area (Å²) in [5, 5.41) is 3.93. The lowest BCUT2D eigenvalue weighted by molar-refractivity contribution is 0.0522. The van der Waals surface area contributed by atoms with Crippen molar-refractivity contribution in [2.75, 3.05) is 13.1 Å². The molecular weight excluding hydrogens is 280 g/mol. The lowest BCUT2D eigenvalue weighted by Gasteiger charge is -2.39. The van der Waals surface area contributed by atoms with Gasteiger partial charge in [-0.05, 0) is 30.9 Å². The molecule has 2 aromatic rings. The molecule has 0 spiro atoms. The molecule has 0 aliphatic carbocycles. The van der Waals surface area contributed by atoms with Crippen molar-refractivity contribution in [3.8, 4) is 11.3 Å². The average molecular weight is 300 g/mol. The molecular formula is C16H20N4O2. The summed E-state index contributed by atoms with van der Waals surface area (Å²) in [7, 11) is 0. The molecule has 116 valence electrons. The Morgan fingerprint density at radius 3 is 2.95 bits per heavy atom. The summed E-state index contributed by atoms with van der Waals surface area (Å²) in [5.74, 6) is 0.875. The molecule has 2 N–H and O–H groups in total. The minimum Gasteiger partial charge on any atom is -0.355 e. The van der Waals surface area contributed by atoms with Gasteiger partial charge in [0.05, 0.1) is 0 Å². The zero-order valence-electron chi connectivity index (χ0n) is 12.6. The summed E-state index contributed by atoms with van der Waals surface area (Å²) in [6.07, 6.45) is 5.46. The highest BCUT2D eigenvalue weighted by atomic mass is 16.5. The Kier molecular flexibility index (Phi) is 4.20. The van der Waals surface area contributed by atoms with Crippen molar-refractivity contribution in [2.45, 2.75) is 25.8 Å². The van der Waals surface area contributed by atoms with Crippen molar-refractivity contribution in [3.05, 3.63) is 36.3 Å². The lowest BCUT2D eigenvalue weighted by Crippen LogP contribution is -2.51. The van der Waals surface area contributed by atoms with E-state index in [0.717, 1.165) is 24.9 Å². The van der Waals surface area contributed by atoms with Crippen LogP contribution in [0.3, 0.4) is 0 Å². The van der Waals surface area contributed by atoms with Gasteiger partial charge in [0.2, 0.25) is 0 Å². The molecule has 1 amide bonds. The van der Waals surface area contributed by atoms with E-state index in [9.17, 15) is 4.79 Å². The van der Waals surface area contributed by atoms with Crippen LogP contribution in [0.1, 0.15) is 30.3 Å². The molecule has 0 saturated carbocycles. The first kappa shape index (κ1) is 14.7. The SMILES string of the molecule is C[C@@H]1CCCN(C(=O)c2cc(-c3ccncc3)on2)[C@@H]1CN. The van der Waals surface area contributed by atoms with Crippen LogP contribution in [0.5, 0.6) is 0 Å². The Bertz CT molecular complexity index is 641. The van der Waals surface area contributed by atoms with Crippen LogP contribution in [-0.4, -0.2) is 40.1 Å². The zero-order valence-corrected chi connectivity index (χ0v) is 12.6. The molecule has 3 rings (SSSR count).